The van der Waals surface area contributed by atoms with Crippen LogP contribution >= 0.6 is 0 Å². The molecule has 0 amide bonds. The second kappa shape index (κ2) is 17.6. The molecule has 5 heteroatoms. The first-order valence-corrected chi connectivity index (χ1v) is 4.30. The summed E-state index contributed by atoms with van der Waals surface area (Å²) in [4.78, 5) is 4.58. The Morgan fingerprint density at radius 3 is 1.82 bits per heavy atom. The third kappa shape index (κ3) is 18.5. The van der Waals surface area contributed by atoms with Crippen molar-refractivity contribution in [1.82, 2.24) is 0 Å². The SMILES string of the molecule is CC(=[C-]O)[C](O)=[V].[CH-]=[W].[CH3-].[Y]. The van der Waals surface area contributed by atoms with Crippen LogP contribution in [0, 0.1) is 13.7 Å². The van der Waals surface area contributed by atoms with Gasteiger partial charge in [-0.25, -0.2) is 0 Å². The van der Waals surface area contributed by atoms with Gasteiger partial charge in [-0.3, -0.25) is 0 Å². The molecule has 0 unspecified atom stereocenters. The van der Waals surface area contributed by atoms with E-state index in [4.69, 9.17) is 10.2 Å². The van der Waals surface area contributed by atoms with Crippen molar-refractivity contribution in [3.63, 3.8) is 0 Å². The van der Waals surface area contributed by atoms with Crippen molar-refractivity contribution in [2.75, 3.05) is 0 Å². The van der Waals surface area contributed by atoms with Crippen LogP contribution in [0.5, 0.6) is 0 Å². The van der Waals surface area contributed by atoms with E-state index in [2.05, 4.69) is 4.90 Å². The van der Waals surface area contributed by atoms with Gasteiger partial charge < -0.3 is 7.43 Å². The molecule has 0 aliphatic heterocycles. The molecule has 62 valence electrons. The van der Waals surface area contributed by atoms with Gasteiger partial charge in [0, 0.05) is 32.7 Å². The second-order valence-electron chi connectivity index (χ2n) is 1.06. The van der Waals surface area contributed by atoms with Crippen molar-refractivity contribution in [3.05, 3.63) is 19.3 Å². The number of rotatable bonds is 1. The molecule has 0 aromatic carbocycles. The molecule has 2 N–H and O–H groups in total. The second-order valence-corrected chi connectivity index (χ2v) is 1.72. The van der Waals surface area contributed by atoms with Crippen LogP contribution in [0.25, 0.3) is 0 Å². The van der Waals surface area contributed by atoms with E-state index in [0.29, 0.717) is 5.57 Å². The fourth-order valence-corrected chi connectivity index (χ4v) is 0.128. The minimum absolute atomic E-state index is 0. The van der Waals surface area contributed by atoms with Gasteiger partial charge in [0.05, 0.1) is 0 Å². The Kier molecular flexibility index (Phi) is 36.8. The van der Waals surface area contributed by atoms with Gasteiger partial charge in [-0.15, -0.1) is 0 Å². The summed E-state index contributed by atoms with van der Waals surface area (Å²) in [5, 5.41) is 16.5. The van der Waals surface area contributed by atoms with Crippen LogP contribution in [0.1, 0.15) is 6.92 Å². The van der Waals surface area contributed by atoms with Crippen molar-refractivity contribution in [2.45, 2.75) is 6.92 Å². The maximum absolute atomic E-state index is 8.45. The molecule has 0 aliphatic carbocycles. The minimum atomic E-state index is 0. The summed E-state index contributed by atoms with van der Waals surface area (Å²) >= 11 is 2.98. The summed E-state index contributed by atoms with van der Waals surface area (Å²) in [6.07, 6.45) is 1.78. The molecule has 0 bridgehead atoms. The maximum Gasteiger partial charge on any atom is 0 e. The molecule has 2 nitrogen and oxygen atoms in total. The van der Waals surface area contributed by atoms with Crippen molar-refractivity contribution < 1.29 is 79.3 Å². The average molecular weight is 437 g/mol. The molecule has 0 saturated heterocycles. The Morgan fingerprint density at radius 2 is 1.82 bits per heavy atom. The van der Waals surface area contributed by atoms with Crippen LogP contribution in [-0.4, -0.2) is 19.5 Å². The summed E-state index contributed by atoms with van der Waals surface area (Å²) < 4.78 is 0.0370. The van der Waals surface area contributed by atoms with Gasteiger partial charge in [0.15, 0.2) is 0 Å². The molecule has 0 fully saturated rings. The molecular weight excluding hydrogens is 428 g/mol. The topological polar surface area (TPSA) is 40.5 Å². The quantitative estimate of drug-likeness (QED) is 0.467. The van der Waals surface area contributed by atoms with Crippen LogP contribution < -0.4 is 0 Å². The maximum atomic E-state index is 8.45. The number of hydrogen-bond donors (Lipinski definition) is 2. The first kappa shape index (κ1) is 22.9. The summed E-state index contributed by atoms with van der Waals surface area (Å²) in [6.45, 7) is 1.55. The number of hydrogen-bond acceptors (Lipinski definition) is 2. The summed E-state index contributed by atoms with van der Waals surface area (Å²) in [7, 11) is 0. The summed E-state index contributed by atoms with van der Waals surface area (Å²) in [5.74, 6) is 0. The van der Waals surface area contributed by atoms with Crippen LogP contribution in [0.4, 0.5) is 0 Å². The van der Waals surface area contributed by atoms with Crippen molar-refractivity contribution in [2.24, 2.45) is 0 Å². The predicted octanol–water partition coefficient (Wildman–Crippen LogP) is 0.591. The van der Waals surface area contributed by atoms with Gasteiger partial charge in [-0.2, -0.15) is 0 Å². The fraction of sp³-hybridized carbons (Fsp3) is 0.167. The molecule has 0 spiro atoms. The molecule has 0 aliphatic rings. The van der Waals surface area contributed by atoms with Crippen LogP contribution in [0.3, 0.4) is 0 Å². The van der Waals surface area contributed by atoms with E-state index in [-0.39, 0.29) is 44.5 Å². The summed E-state index contributed by atoms with van der Waals surface area (Å²) in [5.41, 5.74) is 0.347. The molecule has 1 radical (unpaired) electrons. The molecule has 0 heterocycles. The monoisotopic (exact) mass is 437 g/mol. The Labute approximate surface area is 113 Å². The predicted molar refractivity (Wildman–Crippen MR) is 34.5 cm³/mol. The zero-order valence-electron chi connectivity index (χ0n) is 6.40. The number of aliphatic hydroxyl groups is 2. The third-order valence-corrected chi connectivity index (χ3v) is 1.03. The Bertz CT molecular complexity index is 128. The van der Waals surface area contributed by atoms with Crippen molar-refractivity contribution in [3.8, 4) is 0 Å². The molecule has 0 atom stereocenters. The first-order chi connectivity index (χ1) is 4.18. The summed E-state index contributed by atoms with van der Waals surface area (Å²) in [6, 6.07) is 0. The molecule has 0 aromatic rings. The standard InChI is InChI=1S/C4H5O2.CH3.CH.V.W.Y/c1-4(2-5)3-6;;;;;/h5-6H,1H3;1H3;1H;;;/q3*-1;;;. The van der Waals surface area contributed by atoms with Gasteiger partial charge in [0.1, 0.15) is 0 Å². The number of aliphatic hydroxyl groups excluding tert-OH is 2. The zero-order chi connectivity index (χ0) is 7.86. The van der Waals surface area contributed by atoms with E-state index in [1.165, 1.54) is 0 Å². The minimum Gasteiger partial charge on any atom is -0.358 e. The van der Waals surface area contributed by atoms with E-state index in [1.807, 2.05) is 17.0 Å². The van der Waals surface area contributed by atoms with E-state index < -0.39 is 0 Å². The van der Waals surface area contributed by atoms with Gasteiger partial charge in [0.25, 0.3) is 0 Å². The first-order valence-electron chi connectivity index (χ1n) is 1.91. The van der Waals surface area contributed by atoms with Crippen LogP contribution in [0.15, 0.2) is 5.57 Å². The molecule has 0 saturated carbocycles. The van der Waals surface area contributed by atoms with Crippen molar-refractivity contribution in [1.29, 1.82) is 0 Å². The normalized spacial score (nSPS) is 7.55. The van der Waals surface area contributed by atoms with E-state index in [9.17, 15) is 0 Å². The van der Waals surface area contributed by atoms with E-state index in [1.54, 1.807) is 13.2 Å². The molecule has 0 rings (SSSR count). The zero-order valence-corrected chi connectivity index (χ0v) is 13.6. The molecular formula is C6H9O2VWY-3. The van der Waals surface area contributed by atoms with Crippen LogP contribution in [0.2, 0.25) is 0 Å². The smallest absolute Gasteiger partial charge is 0 e. The molecule has 11 heavy (non-hydrogen) atoms. The average Bonchev–Trinajstić information content (AvgIpc) is 1.91. The largest absolute Gasteiger partial charge is 0.358 e. The Balaban J connectivity index is -0.0000000564. The van der Waals surface area contributed by atoms with Gasteiger partial charge in [0.2, 0.25) is 0 Å². The third-order valence-electron chi connectivity index (χ3n) is 0.503. The molecule has 0 aromatic heterocycles. The Morgan fingerprint density at radius 1 is 1.55 bits per heavy atom. The van der Waals surface area contributed by atoms with Crippen LogP contribution in [-0.2, 0) is 69.0 Å². The Hall–Kier alpha value is 1.62. The van der Waals surface area contributed by atoms with Gasteiger partial charge >= 0.3 is 74.6 Å². The fourth-order valence-electron chi connectivity index (χ4n) is 0.0500. The van der Waals surface area contributed by atoms with E-state index >= 15 is 0 Å². The van der Waals surface area contributed by atoms with Gasteiger partial charge in [-0.05, 0) is 0 Å². The van der Waals surface area contributed by atoms with Crippen molar-refractivity contribution >= 4 is 9.32 Å². The van der Waals surface area contributed by atoms with Gasteiger partial charge in [-0.1, -0.05) is 0 Å². The van der Waals surface area contributed by atoms with E-state index in [0.717, 1.165) is 19.4 Å².